The van der Waals surface area contributed by atoms with Crippen LogP contribution in [0.15, 0.2) is 24.3 Å². The highest BCUT2D eigenvalue weighted by atomic mass is 32.1. The van der Waals surface area contributed by atoms with Gasteiger partial charge >= 0.3 is 0 Å². The van der Waals surface area contributed by atoms with Gasteiger partial charge in [0.25, 0.3) is 0 Å². The molecule has 126 valence electrons. The van der Waals surface area contributed by atoms with Crippen molar-refractivity contribution in [2.24, 2.45) is 0 Å². The van der Waals surface area contributed by atoms with Crippen LogP contribution in [-0.4, -0.2) is 57.6 Å². The largest absolute Gasteiger partial charge is 0.494 e. The fourth-order valence-electron chi connectivity index (χ4n) is 2.72. The van der Waals surface area contributed by atoms with E-state index in [1.807, 2.05) is 35.7 Å². The summed E-state index contributed by atoms with van der Waals surface area (Å²) >= 11 is 1.54. The summed E-state index contributed by atoms with van der Waals surface area (Å²) in [6.07, 6.45) is 0. The fourth-order valence-corrected chi connectivity index (χ4v) is 3.57. The molecule has 0 amide bonds. The van der Waals surface area contributed by atoms with Gasteiger partial charge in [0.15, 0.2) is 5.82 Å². The molecule has 2 aromatic heterocycles. The van der Waals surface area contributed by atoms with E-state index in [1.165, 1.54) is 11.3 Å². The van der Waals surface area contributed by atoms with Crippen LogP contribution in [0, 0.1) is 0 Å². The van der Waals surface area contributed by atoms with Crippen molar-refractivity contribution >= 4 is 16.3 Å². The summed E-state index contributed by atoms with van der Waals surface area (Å²) < 4.78 is 12.8. The number of rotatable bonds is 5. The smallest absolute Gasteiger partial charge is 0.235 e. The van der Waals surface area contributed by atoms with Crippen LogP contribution in [0.25, 0.3) is 15.5 Å². The molecule has 1 aliphatic heterocycles. The van der Waals surface area contributed by atoms with E-state index in [-0.39, 0.29) is 0 Å². The molecule has 0 atom stereocenters. The third kappa shape index (κ3) is 3.12. The van der Waals surface area contributed by atoms with Crippen molar-refractivity contribution in [1.29, 1.82) is 0 Å². The summed E-state index contributed by atoms with van der Waals surface area (Å²) in [5.74, 6) is 1.73. The van der Waals surface area contributed by atoms with E-state index >= 15 is 0 Å². The predicted molar refractivity (Wildman–Crippen MR) is 91.4 cm³/mol. The van der Waals surface area contributed by atoms with Crippen LogP contribution in [0.4, 0.5) is 0 Å². The molecule has 7 nitrogen and oxygen atoms in total. The minimum absolute atomic E-state index is 0.651. The second-order valence-electron chi connectivity index (χ2n) is 5.57. The molecule has 8 heteroatoms. The summed E-state index contributed by atoms with van der Waals surface area (Å²) in [7, 11) is 0. The Morgan fingerprint density at radius 3 is 2.96 bits per heavy atom. The summed E-state index contributed by atoms with van der Waals surface area (Å²) in [4.78, 5) is 3.13. The molecule has 1 aliphatic rings. The zero-order chi connectivity index (χ0) is 16.4. The van der Waals surface area contributed by atoms with Gasteiger partial charge in [-0.2, -0.15) is 9.61 Å². The van der Waals surface area contributed by atoms with Crippen molar-refractivity contribution in [3.63, 3.8) is 0 Å². The topological polar surface area (TPSA) is 64.8 Å². The summed E-state index contributed by atoms with van der Waals surface area (Å²) in [5.41, 5.74) is 1.04. The maximum atomic E-state index is 5.57. The van der Waals surface area contributed by atoms with E-state index < -0.39 is 0 Å². The minimum atomic E-state index is 0.651. The molecule has 1 fully saturated rings. The Kier molecular flexibility index (Phi) is 4.42. The normalized spacial score (nSPS) is 15.9. The Labute approximate surface area is 143 Å². The molecule has 0 saturated carbocycles. The molecule has 3 aromatic rings. The summed E-state index contributed by atoms with van der Waals surface area (Å²) in [6.45, 7) is 6.76. The van der Waals surface area contributed by atoms with Crippen LogP contribution >= 0.6 is 11.3 Å². The standard InChI is InChI=1S/C16H19N5O2S/c1-2-23-13-5-3-4-12(10-13)15-19-21-14(17-18-16(21)24-15)11-20-6-8-22-9-7-20/h3-5,10H,2,6-9,11H2,1H3. The van der Waals surface area contributed by atoms with Crippen LogP contribution in [-0.2, 0) is 11.3 Å². The first-order valence-electron chi connectivity index (χ1n) is 8.08. The highest BCUT2D eigenvalue weighted by Gasteiger charge is 2.17. The Morgan fingerprint density at radius 2 is 2.12 bits per heavy atom. The van der Waals surface area contributed by atoms with Gasteiger partial charge in [-0.1, -0.05) is 23.5 Å². The van der Waals surface area contributed by atoms with Crippen LogP contribution in [0.1, 0.15) is 12.7 Å². The van der Waals surface area contributed by atoms with Crippen molar-refractivity contribution in [3.05, 3.63) is 30.1 Å². The lowest BCUT2D eigenvalue weighted by molar-refractivity contribution is 0.0328. The molecule has 0 spiro atoms. The highest BCUT2D eigenvalue weighted by Crippen LogP contribution is 2.28. The average molecular weight is 345 g/mol. The van der Waals surface area contributed by atoms with Crippen molar-refractivity contribution in [2.45, 2.75) is 13.5 Å². The van der Waals surface area contributed by atoms with Crippen molar-refractivity contribution in [1.82, 2.24) is 24.7 Å². The molecular formula is C16H19N5O2S. The van der Waals surface area contributed by atoms with Gasteiger partial charge in [0.2, 0.25) is 4.96 Å². The maximum Gasteiger partial charge on any atom is 0.235 e. The lowest BCUT2D eigenvalue weighted by Crippen LogP contribution is -2.36. The van der Waals surface area contributed by atoms with Gasteiger partial charge in [0.05, 0.1) is 26.4 Å². The second kappa shape index (κ2) is 6.84. The SMILES string of the molecule is CCOc1cccc(-c2nn3c(CN4CCOCC4)nnc3s2)c1. The van der Waals surface area contributed by atoms with Gasteiger partial charge in [-0.3, -0.25) is 4.90 Å². The number of aromatic nitrogens is 4. The van der Waals surface area contributed by atoms with Gasteiger partial charge in [0.1, 0.15) is 10.8 Å². The number of morpholine rings is 1. The number of hydrogen-bond donors (Lipinski definition) is 0. The molecule has 0 N–H and O–H groups in total. The van der Waals surface area contributed by atoms with Gasteiger partial charge in [-0.05, 0) is 19.1 Å². The molecule has 3 heterocycles. The Bertz CT molecular complexity index is 825. The highest BCUT2D eigenvalue weighted by molar-refractivity contribution is 7.19. The Hall–Kier alpha value is -2.03. The van der Waals surface area contributed by atoms with E-state index in [9.17, 15) is 0 Å². The van der Waals surface area contributed by atoms with Crippen molar-refractivity contribution in [2.75, 3.05) is 32.9 Å². The van der Waals surface area contributed by atoms with Crippen LogP contribution in [0.3, 0.4) is 0 Å². The molecule has 0 aliphatic carbocycles. The monoisotopic (exact) mass is 345 g/mol. The maximum absolute atomic E-state index is 5.57. The third-order valence-corrected chi connectivity index (χ3v) is 4.86. The quantitative estimate of drug-likeness (QED) is 0.705. The Morgan fingerprint density at radius 1 is 1.25 bits per heavy atom. The van der Waals surface area contributed by atoms with Crippen molar-refractivity contribution in [3.8, 4) is 16.3 Å². The first-order chi connectivity index (χ1) is 11.8. The lowest BCUT2D eigenvalue weighted by Gasteiger charge is -2.25. The fraction of sp³-hybridized carbons (Fsp3) is 0.438. The molecule has 0 bridgehead atoms. The number of benzene rings is 1. The number of ether oxygens (including phenoxy) is 2. The van der Waals surface area contributed by atoms with Crippen LogP contribution in [0.2, 0.25) is 0 Å². The molecular weight excluding hydrogens is 326 g/mol. The second-order valence-corrected chi connectivity index (χ2v) is 6.52. The Balaban J connectivity index is 1.60. The van der Waals surface area contributed by atoms with Crippen LogP contribution < -0.4 is 4.74 Å². The van der Waals surface area contributed by atoms with Gasteiger partial charge in [0, 0.05) is 18.7 Å². The van der Waals surface area contributed by atoms with Gasteiger partial charge < -0.3 is 9.47 Å². The van der Waals surface area contributed by atoms with E-state index in [2.05, 4.69) is 15.1 Å². The van der Waals surface area contributed by atoms with E-state index in [1.54, 1.807) is 0 Å². The van der Waals surface area contributed by atoms with Crippen LogP contribution in [0.5, 0.6) is 5.75 Å². The predicted octanol–water partition coefficient (Wildman–Crippen LogP) is 2.08. The third-order valence-electron chi connectivity index (χ3n) is 3.92. The van der Waals surface area contributed by atoms with E-state index in [4.69, 9.17) is 14.6 Å². The molecule has 0 radical (unpaired) electrons. The molecule has 4 rings (SSSR count). The number of nitrogens with zero attached hydrogens (tertiary/aromatic N) is 5. The first-order valence-corrected chi connectivity index (χ1v) is 8.89. The zero-order valence-corrected chi connectivity index (χ0v) is 14.3. The van der Waals surface area contributed by atoms with Gasteiger partial charge in [-0.15, -0.1) is 10.2 Å². The zero-order valence-electron chi connectivity index (χ0n) is 13.5. The minimum Gasteiger partial charge on any atom is -0.494 e. The van der Waals surface area contributed by atoms with E-state index in [0.717, 1.165) is 60.0 Å². The molecule has 0 unspecified atom stereocenters. The summed E-state index contributed by atoms with van der Waals surface area (Å²) in [6, 6.07) is 7.99. The average Bonchev–Trinajstić information content (AvgIpc) is 3.19. The lowest BCUT2D eigenvalue weighted by atomic mass is 10.2. The van der Waals surface area contributed by atoms with Crippen molar-refractivity contribution < 1.29 is 9.47 Å². The molecule has 24 heavy (non-hydrogen) atoms. The molecule has 1 aromatic carbocycles. The first kappa shape index (κ1) is 15.5. The summed E-state index contributed by atoms with van der Waals surface area (Å²) in [5, 5.41) is 14.2. The van der Waals surface area contributed by atoms with E-state index in [0.29, 0.717) is 6.61 Å². The van der Waals surface area contributed by atoms with Gasteiger partial charge in [-0.25, -0.2) is 0 Å². The number of hydrogen-bond acceptors (Lipinski definition) is 7. The number of fused-ring (bicyclic) bond motifs is 1. The molecule has 1 saturated heterocycles.